The Morgan fingerprint density at radius 1 is 0.971 bits per heavy atom. The lowest BCUT2D eigenvalue weighted by atomic mass is 9.71. The maximum atomic E-state index is 13.7. The summed E-state index contributed by atoms with van der Waals surface area (Å²) in [6.07, 6.45) is 0.750. The van der Waals surface area contributed by atoms with Crippen molar-refractivity contribution in [1.82, 2.24) is 5.32 Å². The molecule has 35 heavy (non-hydrogen) atoms. The van der Waals surface area contributed by atoms with E-state index in [1.165, 1.54) is 0 Å². The van der Waals surface area contributed by atoms with E-state index in [2.05, 4.69) is 5.32 Å². The number of hydrogen-bond acceptors (Lipinski definition) is 6. The van der Waals surface area contributed by atoms with Crippen molar-refractivity contribution < 1.29 is 23.8 Å². The van der Waals surface area contributed by atoms with Crippen LogP contribution in [0.4, 0.5) is 0 Å². The van der Waals surface area contributed by atoms with E-state index in [9.17, 15) is 9.59 Å². The number of methoxy groups -OCH3 is 2. The number of ether oxygens (including phenoxy) is 3. The number of dihydropyridines is 1. The van der Waals surface area contributed by atoms with E-state index in [4.69, 9.17) is 14.2 Å². The SMILES string of the molecule is COc1ccc([C@H]2CC(=O)C3=C(C2)NC(C)=C(C(=O)OC(C)C)[C@H]3c2cccc(C)c2)cc1OC. The molecule has 0 bridgehead atoms. The van der Waals surface area contributed by atoms with Crippen LogP contribution in [0.15, 0.2) is 65.0 Å². The molecule has 0 radical (unpaired) electrons. The molecule has 2 aromatic rings. The Morgan fingerprint density at radius 3 is 2.37 bits per heavy atom. The van der Waals surface area contributed by atoms with Crippen LogP contribution in [0, 0.1) is 6.92 Å². The van der Waals surface area contributed by atoms with E-state index in [1.807, 2.05) is 70.2 Å². The Morgan fingerprint density at radius 2 is 1.71 bits per heavy atom. The number of rotatable bonds is 6. The molecule has 0 unspecified atom stereocenters. The summed E-state index contributed by atoms with van der Waals surface area (Å²) in [6, 6.07) is 13.8. The molecule has 0 saturated heterocycles. The molecule has 1 N–H and O–H groups in total. The van der Waals surface area contributed by atoms with Gasteiger partial charge < -0.3 is 19.5 Å². The van der Waals surface area contributed by atoms with Gasteiger partial charge in [0.05, 0.1) is 25.9 Å². The number of aryl methyl sites for hydroxylation is 1. The highest BCUT2D eigenvalue weighted by Crippen LogP contribution is 2.46. The van der Waals surface area contributed by atoms with E-state index in [0.29, 0.717) is 35.5 Å². The van der Waals surface area contributed by atoms with Crippen LogP contribution in [-0.2, 0) is 14.3 Å². The zero-order valence-corrected chi connectivity index (χ0v) is 21.2. The van der Waals surface area contributed by atoms with Gasteiger partial charge in [0.1, 0.15) is 0 Å². The Labute approximate surface area is 207 Å². The summed E-state index contributed by atoms with van der Waals surface area (Å²) < 4.78 is 16.4. The number of allylic oxidation sites excluding steroid dienone is 3. The van der Waals surface area contributed by atoms with Crippen molar-refractivity contribution in [1.29, 1.82) is 0 Å². The highest BCUT2D eigenvalue weighted by molar-refractivity contribution is 6.04. The van der Waals surface area contributed by atoms with Crippen LogP contribution in [0.2, 0.25) is 0 Å². The minimum atomic E-state index is -0.462. The van der Waals surface area contributed by atoms with Crippen LogP contribution < -0.4 is 14.8 Å². The molecule has 2 atom stereocenters. The normalized spacial score (nSPS) is 19.9. The third-order valence-corrected chi connectivity index (χ3v) is 6.64. The number of esters is 1. The van der Waals surface area contributed by atoms with Crippen LogP contribution >= 0.6 is 0 Å². The molecule has 1 aliphatic carbocycles. The fraction of sp³-hybridized carbons (Fsp3) is 0.379. The van der Waals surface area contributed by atoms with Crippen molar-refractivity contribution in [2.45, 2.75) is 58.5 Å². The number of ketones is 1. The van der Waals surface area contributed by atoms with E-state index in [0.717, 1.165) is 28.1 Å². The van der Waals surface area contributed by atoms with Gasteiger partial charge in [0.25, 0.3) is 0 Å². The fourth-order valence-electron chi connectivity index (χ4n) is 5.11. The molecular formula is C29H33NO5. The van der Waals surface area contributed by atoms with E-state index in [-0.39, 0.29) is 17.8 Å². The van der Waals surface area contributed by atoms with Crippen molar-refractivity contribution in [3.05, 3.63) is 81.7 Å². The Balaban J connectivity index is 1.77. The molecule has 0 spiro atoms. The van der Waals surface area contributed by atoms with Gasteiger partial charge in [-0.2, -0.15) is 0 Å². The molecule has 0 aromatic heterocycles. The first-order valence-corrected chi connectivity index (χ1v) is 12.0. The third-order valence-electron chi connectivity index (χ3n) is 6.64. The fourth-order valence-corrected chi connectivity index (χ4v) is 5.11. The first kappa shape index (κ1) is 24.6. The second kappa shape index (κ2) is 9.98. The van der Waals surface area contributed by atoms with Gasteiger partial charge in [0, 0.05) is 29.3 Å². The maximum Gasteiger partial charge on any atom is 0.337 e. The molecule has 2 aromatic carbocycles. The second-order valence-electron chi connectivity index (χ2n) is 9.50. The standard InChI is InChI=1S/C29H33NO5/c1-16(2)35-29(32)26-18(4)30-22-13-21(19-10-11-24(33-5)25(15-19)34-6)14-23(31)28(22)27(26)20-9-7-8-17(3)12-20/h7-12,15-16,21,27,30H,13-14H2,1-6H3/t21-,27-/m1/s1. The molecule has 1 aliphatic heterocycles. The largest absolute Gasteiger partial charge is 0.493 e. The van der Waals surface area contributed by atoms with Crippen molar-refractivity contribution in [3.63, 3.8) is 0 Å². The molecule has 0 fully saturated rings. The van der Waals surface area contributed by atoms with Gasteiger partial charge >= 0.3 is 5.97 Å². The molecule has 1 heterocycles. The topological polar surface area (TPSA) is 73.9 Å². The lowest BCUT2D eigenvalue weighted by Gasteiger charge is -2.37. The summed E-state index contributed by atoms with van der Waals surface area (Å²) in [7, 11) is 3.21. The zero-order valence-electron chi connectivity index (χ0n) is 21.2. The molecule has 0 amide bonds. The van der Waals surface area contributed by atoms with Gasteiger partial charge in [0.15, 0.2) is 17.3 Å². The Bertz CT molecular complexity index is 1220. The monoisotopic (exact) mass is 475 g/mol. The van der Waals surface area contributed by atoms with Crippen molar-refractivity contribution >= 4 is 11.8 Å². The van der Waals surface area contributed by atoms with Gasteiger partial charge in [-0.3, -0.25) is 4.79 Å². The zero-order chi connectivity index (χ0) is 25.3. The summed E-state index contributed by atoms with van der Waals surface area (Å²) in [5.41, 5.74) is 5.77. The first-order chi connectivity index (χ1) is 16.7. The maximum absolute atomic E-state index is 13.7. The number of hydrogen-bond donors (Lipinski definition) is 1. The summed E-state index contributed by atoms with van der Waals surface area (Å²) in [5.74, 6) is 0.465. The number of carbonyl (C=O) groups is 2. The quantitative estimate of drug-likeness (QED) is 0.570. The summed E-state index contributed by atoms with van der Waals surface area (Å²) in [5, 5.41) is 3.40. The lowest BCUT2D eigenvalue weighted by molar-refractivity contribution is -0.143. The van der Waals surface area contributed by atoms with Crippen LogP contribution in [0.1, 0.15) is 62.1 Å². The first-order valence-electron chi connectivity index (χ1n) is 12.0. The van der Waals surface area contributed by atoms with E-state index in [1.54, 1.807) is 14.2 Å². The highest BCUT2D eigenvalue weighted by Gasteiger charge is 2.41. The van der Waals surface area contributed by atoms with E-state index < -0.39 is 11.9 Å². The van der Waals surface area contributed by atoms with Gasteiger partial charge in [-0.15, -0.1) is 0 Å². The van der Waals surface area contributed by atoms with Gasteiger partial charge in [-0.1, -0.05) is 35.9 Å². The van der Waals surface area contributed by atoms with Crippen molar-refractivity contribution in [2.24, 2.45) is 0 Å². The van der Waals surface area contributed by atoms with Gasteiger partial charge in [-0.25, -0.2) is 4.79 Å². The number of benzene rings is 2. The van der Waals surface area contributed by atoms with Crippen LogP contribution in [-0.4, -0.2) is 32.1 Å². The number of carbonyl (C=O) groups excluding carboxylic acids is 2. The number of Topliss-reactive ketones (excluding diaryl/α,β-unsaturated/α-hetero) is 1. The molecular weight excluding hydrogens is 442 g/mol. The third kappa shape index (κ3) is 4.83. The molecule has 6 heteroatoms. The smallest absolute Gasteiger partial charge is 0.337 e. The second-order valence-corrected chi connectivity index (χ2v) is 9.50. The lowest BCUT2D eigenvalue weighted by Crippen LogP contribution is -2.36. The van der Waals surface area contributed by atoms with E-state index >= 15 is 0 Å². The van der Waals surface area contributed by atoms with Gasteiger partial charge in [0.2, 0.25) is 0 Å². The Kier molecular flexibility index (Phi) is 7.01. The van der Waals surface area contributed by atoms with Crippen LogP contribution in [0.5, 0.6) is 11.5 Å². The molecule has 0 saturated carbocycles. The van der Waals surface area contributed by atoms with Crippen molar-refractivity contribution in [2.75, 3.05) is 14.2 Å². The van der Waals surface area contributed by atoms with Crippen LogP contribution in [0.3, 0.4) is 0 Å². The predicted molar refractivity (Wildman–Crippen MR) is 135 cm³/mol. The summed E-state index contributed by atoms with van der Waals surface area (Å²) in [4.78, 5) is 26.9. The summed E-state index contributed by atoms with van der Waals surface area (Å²) in [6.45, 7) is 7.55. The highest BCUT2D eigenvalue weighted by atomic mass is 16.5. The molecule has 2 aliphatic rings. The summed E-state index contributed by atoms with van der Waals surface area (Å²) >= 11 is 0. The minimum absolute atomic E-state index is 0.0105. The van der Waals surface area contributed by atoms with Crippen molar-refractivity contribution in [3.8, 4) is 11.5 Å². The molecule has 4 rings (SSSR count). The predicted octanol–water partition coefficient (Wildman–Crippen LogP) is 5.33. The average Bonchev–Trinajstić information content (AvgIpc) is 2.82. The molecule has 6 nitrogen and oxygen atoms in total. The number of nitrogens with one attached hydrogen (secondary N) is 1. The Hall–Kier alpha value is -3.54. The minimum Gasteiger partial charge on any atom is -0.493 e. The van der Waals surface area contributed by atoms with Gasteiger partial charge in [-0.05, 0) is 63.3 Å². The average molecular weight is 476 g/mol. The molecule has 184 valence electrons. The van der Waals surface area contributed by atoms with Crippen LogP contribution in [0.25, 0.3) is 0 Å².